The maximum atomic E-state index is 13.7. The number of ether oxygens (including phenoxy) is 5. The fourth-order valence-electron chi connectivity index (χ4n) is 12.2. The van der Waals surface area contributed by atoms with Crippen molar-refractivity contribution in [3.8, 4) is 22.6 Å². The Balaban J connectivity index is 0.883. The highest BCUT2D eigenvalue weighted by atomic mass is 16.7. The predicted molar refractivity (Wildman–Crippen MR) is 196 cm³/mol. The number of fused-ring (bicyclic) bond motifs is 13. The average molecular weight is 751 g/mol. The van der Waals surface area contributed by atoms with E-state index in [-0.39, 0.29) is 66.1 Å². The van der Waals surface area contributed by atoms with Crippen LogP contribution in [0.2, 0.25) is 0 Å². The van der Waals surface area contributed by atoms with Crippen LogP contribution in [0.5, 0.6) is 11.5 Å². The molecule has 10 heteroatoms. The van der Waals surface area contributed by atoms with E-state index in [4.69, 9.17) is 23.7 Å². The summed E-state index contributed by atoms with van der Waals surface area (Å²) in [6.07, 6.45) is 2.65. The molecule has 6 fully saturated rings. The fraction of sp³-hybridized carbons (Fsp3) is 0.370. The van der Waals surface area contributed by atoms with Crippen LogP contribution < -0.4 is 9.47 Å². The molecule has 5 aliphatic carbocycles. The maximum absolute atomic E-state index is 13.7. The van der Waals surface area contributed by atoms with Gasteiger partial charge in [0.2, 0.25) is 0 Å². The summed E-state index contributed by atoms with van der Waals surface area (Å²) < 4.78 is 27.7. The summed E-state index contributed by atoms with van der Waals surface area (Å²) in [6.45, 7) is 0.447. The molecule has 0 N–H and O–H groups in total. The van der Waals surface area contributed by atoms with Crippen LogP contribution in [-0.2, 0) is 43.6 Å². The zero-order valence-corrected chi connectivity index (χ0v) is 30.3. The number of carbonyl (C=O) groups excluding carboxylic acids is 5. The molecule has 10 unspecified atom stereocenters. The Hall–Kier alpha value is -5.61. The molecule has 2 aliphatic heterocycles. The van der Waals surface area contributed by atoms with E-state index in [9.17, 15) is 24.0 Å². The highest BCUT2D eigenvalue weighted by Gasteiger charge is 2.65. The third kappa shape index (κ3) is 4.74. The highest BCUT2D eigenvalue weighted by Crippen LogP contribution is 2.60. The molecule has 11 rings (SSSR count). The first-order valence-electron chi connectivity index (χ1n) is 19.6. The summed E-state index contributed by atoms with van der Waals surface area (Å²) in [5.74, 6) is -3.34. The van der Waals surface area contributed by atoms with Gasteiger partial charge in [-0.3, -0.25) is 24.0 Å². The van der Waals surface area contributed by atoms with Crippen molar-refractivity contribution in [3.63, 3.8) is 0 Å². The highest BCUT2D eigenvalue weighted by molar-refractivity contribution is 5.98. The summed E-state index contributed by atoms with van der Waals surface area (Å²) in [5, 5.41) is 0. The van der Waals surface area contributed by atoms with Gasteiger partial charge in [0.05, 0.1) is 41.6 Å². The molecule has 0 spiro atoms. The van der Waals surface area contributed by atoms with E-state index in [0.29, 0.717) is 37.4 Å². The first-order valence-corrected chi connectivity index (χ1v) is 19.6. The van der Waals surface area contributed by atoms with Gasteiger partial charge in [-0.2, -0.15) is 0 Å². The van der Waals surface area contributed by atoms with Gasteiger partial charge in [-0.15, -0.1) is 0 Å². The van der Waals surface area contributed by atoms with Gasteiger partial charge < -0.3 is 23.7 Å². The number of rotatable bonds is 6. The zero-order chi connectivity index (χ0) is 37.9. The Kier molecular flexibility index (Phi) is 7.49. The maximum Gasteiger partial charge on any atom is 0.317 e. The van der Waals surface area contributed by atoms with Crippen LogP contribution >= 0.6 is 0 Å². The molecule has 0 aromatic heterocycles. The first kappa shape index (κ1) is 33.7. The lowest BCUT2D eigenvalue weighted by atomic mass is 9.68. The van der Waals surface area contributed by atoms with Crippen molar-refractivity contribution in [2.75, 3.05) is 13.4 Å². The van der Waals surface area contributed by atoms with E-state index in [1.165, 1.54) is 0 Å². The summed E-state index contributed by atoms with van der Waals surface area (Å²) in [7, 11) is 0. The lowest BCUT2D eigenvalue weighted by Crippen LogP contribution is -2.39. The van der Waals surface area contributed by atoms with E-state index in [1.54, 1.807) is 0 Å². The van der Waals surface area contributed by atoms with E-state index >= 15 is 0 Å². The summed E-state index contributed by atoms with van der Waals surface area (Å²) in [4.78, 5) is 64.7. The van der Waals surface area contributed by atoms with Crippen LogP contribution in [0, 0.1) is 59.2 Å². The third-order valence-electron chi connectivity index (χ3n) is 14.4. The molecule has 282 valence electrons. The monoisotopic (exact) mass is 750 g/mol. The van der Waals surface area contributed by atoms with Gasteiger partial charge in [0.25, 0.3) is 0 Å². The van der Waals surface area contributed by atoms with Crippen LogP contribution in [0.25, 0.3) is 11.1 Å². The minimum atomic E-state index is -0.741. The van der Waals surface area contributed by atoms with Crippen molar-refractivity contribution < 1.29 is 47.7 Å². The summed E-state index contributed by atoms with van der Waals surface area (Å²) in [5.41, 5.74) is 5.62. The molecule has 0 radical (unpaired) electrons. The van der Waals surface area contributed by atoms with Crippen molar-refractivity contribution in [2.24, 2.45) is 59.2 Å². The van der Waals surface area contributed by atoms with Crippen molar-refractivity contribution in [3.05, 3.63) is 119 Å². The number of benzene rings is 4. The van der Waals surface area contributed by atoms with Crippen LogP contribution in [0.3, 0.4) is 0 Å². The SMILES string of the molecule is O=C(Oc1ccc(C2(c3ccc(OC(=O)C4CC5CC4C4C(=O)OC(=O)C54)cc3)c3ccccc3-c3ccccc32)cc1)C1CC2CC1C1C(=O)OCOCC21. The molecule has 2 heterocycles. The van der Waals surface area contributed by atoms with E-state index in [2.05, 4.69) is 24.3 Å². The number of cyclic esters (lactones) is 3. The number of hydrogen-bond donors (Lipinski definition) is 0. The Bertz CT molecular complexity index is 2280. The fourth-order valence-corrected chi connectivity index (χ4v) is 12.2. The van der Waals surface area contributed by atoms with Gasteiger partial charge in [-0.05, 0) is 113 Å². The van der Waals surface area contributed by atoms with Gasteiger partial charge in [0.15, 0.2) is 6.79 Å². The van der Waals surface area contributed by atoms with Gasteiger partial charge in [0, 0.05) is 0 Å². The minimum absolute atomic E-state index is 0.0337. The van der Waals surface area contributed by atoms with Crippen molar-refractivity contribution in [2.45, 2.75) is 31.1 Å². The van der Waals surface area contributed by atoms with Gasteiger partial charge in [0.1, 0.15) is 11.5 Å². The van der Waals surface area contributed by atoms with Crippen molar-refractivity contribution >= 4 is 29.8 Å². The van der Waals surface area contributed by atoms with Crippen molar-refractivity contribution in [1.82, 2.24) is 0 Å². The quantitative estimate of drug-likeness (QED) is 0.112. The molecular weight excluding hydrogens is 712 g/mol. The standard InChI is InChI=1S/C46H38O10/c47-41(33-18-23-17-31(33)39-35(23)21-52-22-53-43(39)49)54-27-13-9-25(10-14-27)46(36-7-3-1-5-29(36)30-6-2-4-8-37(30)46)26-11-15-28(16-12-26)55-42(48)34-20-24-19-32(34)40-38(24)44(50)56-45(40)51/h1-16,23-24,31-35,38-40H,17-22H2. The predicted octanol–water partition coefficient (Wildman–Crippen LogP) is 6.25. The molecule has 2 saturated heterocycles. The molecule has 56 heavy (non-hydrogen) atoms. The number of esters is 5. The molecule has 4 saturated carbocycles. The van der Waals surface area contributed by atoms with E-state index < -0.39 is 35.1 Å². The Morgan fingerprint density at radius 1 is 0.554 bits per heavy atom. The smallest absolute Gasteiger partial charge is 0.317 e. The van der Waals surface area contributed by atoms with Gasteiger partial charge >= 0.3 is 29.8 Å². The molecule has 4 bridgehead atoms. The molecule has 0 amide bonds. The zero-order valence-electron chi connectivity index (χ0n) is 30.3. The van der Waals surface area contributed by atoms with Gasteiger partial charge in [-0.25, -0.2) is 0 Å². The molecular formula is C46H38O10. The molecule has 4 aromatic rings. The molecule has 10 nitrogen and oxygen atoms in total. The Morgan fingerprint density at radius 3 is 1.68 bits per heavy atom. The molecule has 10 atom stereocenters. The van der Waals surface area contributed by atoms with Gasteiger partial charge in [-0.1, -0.05) is 72.8 Å². The second-order valence-corrected chi connectivity index (χ2v) is 16.7. The molecule has 7 aliphatic rings. The lowest BCUT2D eigenvalue weighted by molar-refractivity contribution is -0.159. The van der Waals surface area contributed by atoms with Crippen LogP contribution in [0.15, 0.2) is 97.1 Å². The van der Waals surface area contributed by atoms with Crippen LogP contribution in [0.4, 0.5) is 0 Å². The topological polar surface area (TPSA) is 132 Å². The normalized spacial score (nSPS) is 32.5. The number of hydrogen-bond acceptors (Lipinski definition) is 10. The number of carbonyl (C=O) groups is 5. The second kappa shape index (κ2) is 12.4. The third-order valence-corrected chi connectivity index (χ3v) is 14.4. The summed E-state index contributed by atoms with van der Waals surface area (Å²) >= 11 is 0. The van der Waals surface area contributed by atoms with Crippen LogP contribution in [0.1, 0.15) is 47.9 Å². The summed E-state index contributed by atoms with van der Waals surface area (Å²) in [6, 6.07) is 32.0. The molecule has 4 aromatic carbocycles. The van der Waals surface area contributed by atoms with E-state index in [1.807, 2.05) is 72.8 Å². The minimum Gasteiger partial charge on any atom is -0.438 e. The Labute approximate surface area is 322 Å². The average Bonchev–Trinajstić information content (AvgIpc) is 4.06. The largest absolute Gasteiger partial charge is 0.438 e. The van der Waals surface area contributed by atoms with Crippen molar-refractivity contribution in [1.29, 1.82) is 0 Å². The van der Waals surface area contributed by atoms with E-state index in [0.717, 1.165) is 39.8 Å². The second-order valence-electron chi connectivity index (χ2n) is 16.7. The Morgan fingerprint density at radius 2 is 1.07 bits per heavy atom. The lowest BCUT2D eigenvalue weighted by Gasteiger charge is -2.34. The van der Waals surface area contributed by atoms with Crippen LogP contribution in [-0.4, -0.2) is 43.2 Å². The first-order chi connectivity index (χ1) is 27.3.